The van der Waals surface area contributed by atoms with Gasteiger partial charge >= 0.3 is 0 Å². The SMILES string of the molecule is CCCn1c(Br)cc(C#N)c1-c1ccc(C)cc1. The van der Waals surface area contributed by atoms with Crippen LogP contribution in [0.1, 0.15) is 24.5 Å². The van der Waals surface area contributed by atoms with E-state index in [2.05, 4.69) is 64.7 Å². The predicted molar refractivity (Wildman–Crippen MR) is 77.3 cm³/mol. The first-order chi connectivity index (χ1) is 8.67. The molecule has 0 amide bonds. The van der Waals surface area contributed by atoms with Crippen molar-refractivity contribution in [2.75, 3.05) is 0 Å². The highest BCUT2D eigenvalue weighted by molar-refractivity contribution is 9.10. The topological polar surface area (TPSA) is 28.7 Å². The van der Waals surface area contributed by atoms with Crippen molar-refractivity contribution in [3.8, 4) is 17.3 Å². The van der Waals surface area contributed by atoms with Crippen LogP contribution in [-0.2, 0) is 6.54 Å². The van der Waals surface area contributed by atoms with Crippen LogP contribution in [0.4, 0.5) is 0 Å². The van der Waals surface area contributed by atoms with Crippen molar-refractivity contribution in [1.29, 1.82) is 5.26 Å². The molecule has 1 aromatic carbocycles. The Bertz CT molecular complexity index is 588. The average molecular weight is 303 g/mol. The fraction of sp³-hybridized carbons (Fsp3) is 0.267. The molecule has 0 aliphatic rings. The third kappa shape index (κ3) is 2.34. The van der Waals surface area contributed by atoms with Crippen LogP contribution in [0, 0.1) is 18.3 Å². The van der Waals surface area contributed by atoms with Gasteiger partial charge < -0.3 is 4.57 Å². The lowest BCUT2D eigenvalue weighted by atomic mass is 10.1. The molecule has 2 rings (SSSR count). The van der Waals surface area contributed by atoms with Crippen LogP contribution in [-0.4, -0.2) is 4.57 Å². The number of halogens is 1. The Morgan fingerprint density at radius 3 is 2.50 bits per heavy atom. The summed E-state index contributed by atoms with van der Waals surface area (Å²) in [7, 11) is 0. The Morgan fingerprint density at radius 2 is 1.94 bits per heavy atom. The van der Waals surface area contributed by atoms with Gasteiger partial charge in [-0.25, -0.2) is 0 Å². The zero-order valence-corrected chi connectivity index (χ0v) is 12.2. The summed E-state index contributed by atoms with van der Waals surface area (Å²) in [6.45, 7) is 5.11. The highest BCUT2D eigenvalue weighted by Gasteiger charge is 2.14. The van der Waals surface area contributed by atoms with Crippen LogP contribution in [0.5, 0.6) is 0 Å². The van der Waals surface area contributed by atoms with Crippen molar-refractivity contribution in [3.05, 3.63) is 46.1 Å². The molecular weight excluding hydrogens is 288 g/mol. The zero-order chi connectivity index (χ0) is 13.1. The van der Waals surface area contributed by atoms with Gasteiger partial charge in [0.25, 0.3) is 0 Å². The van der Waals surface area contributed by atoms with Crippen LogP contribution in [0.2, 0.25) is 0 Å². The number of hydrogen-bond donors (Lipinski definition) is 0. The molecule has 3 heteroatoms. The average Bonchev–Trinajstić information content (AvgIpc) is 2.68. The Morgan fingerprint density at radius 1 is 1.28 bits per heavy atom. The van der Waals surface area contributed by atoms with E-state index >= 15 is 0 Å². The van der Waals surface area contributed by atoms with Crippen molar-refractivity contribution >= 4 is 15.9 Å². The number of benzene rings is 1. The molecule has 0 aliphatic heterocycles. The van der Waals surface area contributed by atoms with Crippen molar-refractivity contribution in [3.63, 3.8) is 0 Å². The molecule has 0 atom stereocenters. The molecule has 0 aliphatic carbocycles. The van der Waals surface area contributed by atoms with Gasteiger partial charge in [-0.2, -0.15) is 5.26 Å². The number of aryl methyl sites for hydroxylation is 1. The van der Waals surface area contributed by atoms with E-state index in [1.165, 1.54) is 5.56 Å². The summed E-state index contributed by atoms with van der Waals surface area (Å²) in [6.07, 6.45) is 1.04. The maximum atomic E-state index is 9.26. The summed E-state index contributed by atoms with van der Waals surface area (Å²) in [5.74, 6) is 0. The van der Waals surface area contributed by atoms with Gasteiger partial charge in [-0.3, -0.25) is 0 Å². The Labute approximate surface area is 116 Å². The summed E-state index contributed by atoms with van der Waals surface area (Å²) in [6, 6.07) is 12.5. The fourth-order valence-electron chi connectivity index (χ4n) is 2.07. The molecular formula is C15H15BrN2. The fourth-order valence-corrected chi connectivity index (χ4v) is 2.65. The second-order valence-corrected chi connectivity index (χ2v) is 5.17. The summed E-state index contributed by atoms with van der Waals surface area (Å²) >= 11 is 3.53. The lowest BCUT2D eigenvalue weighted by Gasteiger charge is -2.10. The Hall–Kier alpha value is -1.53. The highest BCUT2D eigenvalue weighted by atomic mass is 79.9. The van der Waals surface area contributed by atoms with E-state index in [1.807, 2.05) is 6.07 Å². The monoisotopic (exact) mass is 302 g/mol. The number of nitriles is 1. The van der Waals surface area contributed by atoms with E-state index in [1.54, 1.807) is 0 Å². The minimum Gasteiger partial charge on any atom is -0.334 e. The second-order valence-electron chi connectivity index (χ2n) is 4.36. The largest absolute Gasteiger partial charge is 0.334 e. The first-order valence-electron chi connectivity index (χ1n) is 6.03. The maximum absolute atomic E-state index is 9.26. The van der Waals surface area contributed by atoms with Crippen LogP contribution >= 0.6 is 15.9 Å². The number of aromatic nitrogens is 1. The molecule has 0 saturated heterocycles. The van der Waals surface area contributed by atoms with Crippen molar-refractivity contribution in [1.82, 2.24) is 4.57 Å². The van der Waals surface area contributed by atoms with Gasteiger partial charge in [0.05, 0.1) is 15.9 Å². The minimum absolute atomic E-state index is 0.721. The summed E-state index contributed by atoms with van der Waals surface area (Å²) in [4.78, 5) is 0. The van der Waals surface area contributed by atoms with Gasteiger partial charge in [0, 0.05) is 6.54 Å². The van der Waals surface area contributed by atoms with E-state index in [9.17, 15) is 5.26 Å². The predicted octanol–water partition coefficient (Wildman–Crippen LogP) is 4.51. The third-order valence-electron chi connectivity index (χ3n) is 2.94. The van der Waals surface area contributed by atoms with Crippen LogP contribution in [0.25, 0.3) is 11.3 Å². The summed E-state index contributed by atoms with van der Waals surface area (Å²) < 4.78 is 3.12. The molecule has 0 radical (unpaired) electrons. The number of nitrogens with zero attached hydrogens (tertiary/aromatic N) is 2. The van der Waals surface area contributed by atoms with Crippen LogP contribution in [0.3, 0.4) is 0 Å². The molecule has 2 nitrogen and oxygen atoms in total. The molecule has 0 unspecified atom stereocenters. The first-order valence-corrected chi connectivity index (χ1v) is 6.82. The van der Waals surface area contributed by atoms with E-state index in [0.29, 0.717) is 0 Å². The minimum atomic E-state index is 0.721. The maximum Gasteiger partial charge on any atom is 0.101 e. The van der Waals surface area contributed by atoms with Crippen molar-refractivity contribution in [2.24, 2.45) is 0 Å². The lowest BCUT2D eigenvalue weighted by molar-refractivity contribution is 0.677. The van der Waals surface area contributed by atoms with E-state index in [-0.39, 0.29) is 0 Å². The van der Waals surface area contributed by atoms with Gasteiger partial charge in [-0.15, -0.1) is 0 Å². The van der Waals surface area contributed by atoms with Crippen molar-refractivity contribution < 1.29 is 0 Å². The molecule has 18 heavy (non-hydrogen) atoms. The third-order valence-corrected chi connectivity index (χ3v) is 3.60. The van der Waals surface area contributed by atoms with Crippen LogP contribution < -0.4 is 0 Å². The normalized spacial score (nSPS) is 10.3. The van der Waals surface area contributed by atoms with Gasteiger partial charge in [-0.05, 0) is 40.9 Å². The molecule has 0 fully saturated rings. The van der Waals surface area contributed by atoms with Crippen molar-refractivity contribution in [2.45, 2.75) is 26.8 Å². The van der Waals surface area contributed by atoms with E-state index in [0.717, 1.165) is 34.4 Å². The molecule has 1 aromatic heterocycles. The highest BCUT2D eigenvalue weighted by Crippen LogP contribution is 2.30. The zero-order valence-electron chi connectivity index (χ0n) is 10.6. The molecule has 0 N–H and O–H groups in total. The van der Waals surface area contributed by atoms with Gasteiger partial charge in [0.1, 0.15) is 6.07 Å². The van der Waals surface area contributed by atoms with Gasteiger partial charge in [0.2, 0.25) is 0 Å². The Kier molecular flexibility index (Phi) is 3.88. The number of rotatable bonds is 3. The molecule has 0 bridgehead atoms. The molecule has 2 aromatic rings. The first kappa shape index (κ1) is 12.9. The quantitative estimate of drug-likeness (QED) is 0.820. The molecule has 92 valence electrons. The molecule has 0 spiro atoms. The van der Waals surface area contributed by atoms with E-state index in [4.69, 9.17) is 0 Å². The van der Waals surface area contributed by atoms with E-state index < -0.39 is 0 Å². The summed E-state index contributed by atoms with van der Waals surface area (Å²) in [5, 5.41) is 9.26. The second kappa shape index (κ2) is 5.41. The van der Waals surface area contributed by atoms with Gasteiger partial charge in [0.15, 0.2) is 0 Å². The van der Waals surface area contributed by atoms with Crippen LogP contribution in [0.15, 0.2) is 34.9 Å². The summed E-state index contributed by atoms with van der Waals surface area (Å²) in [5.41, 5.74) is 4.05. The molecule has 1 heterocycles. The molecule has 0 saturated carbocycles. The smallest absolute Gasteiger partial charge is 0.101 e. The Balaban J connectivity index is 2.61. The number of hydrogen-bond acceptors (Lipinski definition) is 1. The standard InChI is InChI=1S/C15H15BrN2/c1-3-8-18-14(16)9-13(10-17)15(18)12-6-4-11(2)5-7-12/h4-7,9H,3,8H2,1-2H3. The lowest BCUT2D eigenvalue weighted by Crippen LogP contribution is -2.00. The van der Waals surface area contributed by atoms with Gasteiger partial charge in [-0.1, -0.05) is 36.8 Å².